The second-order valence-corrected chi connectivity index (χ2v) is 7.80. The van der Waals surface area contributed by atoms with Crippen LogP contribution in [0.2, 0.25) is 0 Å². The molecule has 0 radical (unpaired) electrons. The summed E-state index contributed by atoms with van der Waals surface area (Å²) >= 11 is 0. The van der Waals surface area contributed by atoms with Crippen LogP contribution in [0.5, 0.6) is 0 Å². The topological polar surface area (TPSA) is 122 Å². The standard InChI is InChI=1S/C23H43NO7/c1-2-3-4-5-6-7-8-9-10-11-12-13-14-21(27)24-20(23(29)31-18-16-26)19-22(28)30-17-15-25/h20,25-26H,2-19H2,1H3,(H,24,27)/t20-/m0/s1. The molecule has 0 rings (SSSR count). The van der Waals surface area contributed by atoms with Gasteiger partial charge >= 0.3 is 11.9 Å². The van der Waals surface area contributed by atoms with Gasteiger partial charge in [0.2, 0.25) is 5.91 Å². The highest BCUT2D eigenvalue weighted by atomic mass is 16.5. The zero-order valence-corrected chi connectivity index (χ0v) is 19.2. The third-order valence-electron chi connectivity index (χ3n) is 4.94. The van der Waals surface area contributed by atoms with Crippen molar-refractivity contribution in [2.75, 3.05) is 26.4 Å². The number of aliphatic hydroxyl groups excluding tert-OH is 2. The number of unbranched alkanes of at least 4 members (excludes halogenated alkanes) is 11. The molecule has 0 saturated carbocycles. The summed E-state index contributed by atoms with van der Waals surface area (Å²) in [4.78, 5) is 35.9. The van der Waals surface area contributed by atoms with Gasteiger partial charge in [-0.3, -0.25) is 9.59 Å². The third-order valence-corrected chi connectivity index (χ3v) is 4.94. The van der Waals surface area contributed by atoms with Gasteiger partial charge < -0.3 is 25.0 Å². The van der Waals surface area contributed by atoms with Crippen LogP contribution in [0.1, 0.15) is 96.8 Å². The predicted molar refractivity (Wildman–Crippen MR) is 118 cm³/mol. The van der Waals surface area contributed by atoms with Gasteiger partial charge in [-0.05, 0) is 6.42 Å². The van der Waals surface area contributed by atoms with E-state index in [0.717, 1.165) is 19.3 Å². The molecule has 1 atom stereocenters. The Morgan fingerprint density at radius 2 is 1.23 bits per heavy atom. The molecule has 0 heterocycles. The monoisotopic (exact) mass is 445 g/mol. The van der Waals surface area contributed by atoms with Gasteiger partial charge in [0.25, 0.3) is 0 Å². The van der Waals surface area contributed by atoms with Crippen LogP contribution in [0.25, 0.3) is 0 Å². The first-order valence-electron chi connectivity index (χ1n) is 11.9. The molecule has 0 aromatic carbocycles. The van der Waals surface area contributed by atoms with Crippen molar-refractivity contribution in [3.05, 3.63) is 0 Å². The van der Waals surface area contributed by atoms with Gasteiger partial charge in [-0.15, -0.1) is 0 Å². The zero-order chi connectivity index (χ0) is 23.2. The molecule has 1 amide bonds. The first-order valence-corrected chi connectivity index (χ1v) is 11.9. The lowest BCUT2D eigenvalue weighted by Gasteiger charge is -2.17. The molecule has 0 aliphatic rings. The number of carbonyl (C=O) groups excluding carboxylic acids is 3. The van der Waals surface area contributed by atoms with Crippen molar-refractivity contribution >= 4 is 17.8 Å². The van der Waals surface area contributed by atoms with E-state index in [2.05, 4.69) is 12.2 Å². The van der Waals surface area contributed by atoms with Gasteiger partial charge in [-0.1, -0.05) is 77.6 Å². The Morgan fingerprint density at radius 3 is 1.74 bits per heavy atom. The van der Waals surface area contributed by atoms with E-state index >= 15 is 0 Å². The van der Waals surface area contributed by atoms with Crippen molar-refractivity contribution in [3.8, 4) is 0 Å². The summed E-state index contributed by atoms with van der Waals surface area (Å²) < 4.78 is 9.55. The Kier molecular flexibility index (Phi) is 20.4. The molecular formula is C23H43NO7. The summed E-state index contributed by atoms with van der Waals surface area (Å²) in [7, 11) is 0. The molecule has 182 valence electrons. The fourth-order valence-corrected chi connectivity index (χ4v) is 3.22. The lowest BCUT2D eigenvalue weighted by atomic mass is 10.0. The fourth-order valence-electron chi connectivity index (χ4n) is 3.22. The molecule has 8 heteroatoms. The molecule has 0 aromatic heterocycles. The molecule has 0 bridgehead atoms. The van der Waals surface area contributed by atoms with Crippen LogP contribution in [0.4, 0.5) is 0 Å². The van der Waals surface area contributed by atoms with E-state index in [9.17, 15) is 14.4 Å². The minimum atomic E-state index is -1.16. The van der Waals surface area contributed by atoms with Crippen LogP contribution < -0.4 is 5.32 Å². The van der Waals surface area contributed by atoms with Crippen molar-refractivity contribution in [1.29, 1.82) is 0 Å². The largest absolute Gasteiger partial charge is 0.463 e. The first-order chi connectivity index (χ1) is 15.0. The molecule has 8 nitrogen and oxygen atoms in total. The SMILES string of the molecule is CCCCCCCCCCCCCCC(=O)N[C@@H](CC(=O)OCCO)C(=O)OCCO. The summed E-state index contributed by atoms with van der Waals surface area (Å²) in [6, 6.07) is -1.16. The van der Waals surface area contributed by atoms with Crippen LogP contribution in [0, 0.1) is 0 Å². The van der Waals surface area contributed by atoms with Gasteiger partial charge in [-0.2, -0.15) is 0 Å². The number of amides is 1. The Morgan fingerprint density at radius 1 is 0.742 bits per heavy atom. The van der Waals surface area contributed by atoms with Crippen molar-refractivity contribution in [3.63, 3.8) is 0 Å². The van der Waals surface area contributed by atoms with Crippen LogP contribution in [0.15, 0.2) is 0 Å². The predicted octanol–water partition coefficient (Wildman–Crippen LogP) is 3.02. The van der Waals surface area contributed by atoms with E-state index in [1.54, 1.807) is 0 Å². The van der Waals surface area contributed by atoms with Gasteiger partial charge in [0.05, 0.1) is 19.6 Å². The average molecular weight is 446 g/mol. The normalized spacial score (nSPS) is 11.7. The highest BCUT2D eigenvalue weighted by Crippen LogP contribution is 2.12. The smallest absolute Gasteiger partial charge is 0.329 e. The molecule has 0 aliphatic heterocycles. The number of esters is 2. The number of hydrogen-bond acceptors (Lipinski definition) is 7. The van der Waals surface area contributed by atoms with Crippen LogP contribution in [-0.4, -0.2) is 60.5 Å². The van der Waals surface area contributed by atoms with Crippen molar-refractivity contribution in [2.24, 2.45) is 0 Å². The summed E-state index contributed by atoms with van der Waals surface area (Å²) in [5, 5.41) is 20.0. The summed E-state index contributed by atoms with van der Waals surface area (Å²) in [6.07, 6.45) is 14.3. The molecule has 0 unspecified atom stereocenters. The van der Waals surface area contributed by atoms with Crippen LogP contribution in [0.3, 0.4) is 0 Å². The molecule has 0 aromatic rings. The van der Waals surface area contributed by atoms with E-state index in [4.69, 9.17) is 19.7 Å². The summed E-state index contributed by atoms with van der Waals surface area (Å²) in [5.74, 6) is -1.84. The zero-order valence-electron chi connectivity index (χ0n) is 19.2. The average Bonchev–Trinajstić information content (AvgIpc) is 2.76. The van der Waals surface area contributed by atoms with E-state index < -0.39 is 18.0 Å². The molecule has 31 heavy (non-hydrogen) atoms. The van der Waals surface area contributed by atoms with Gasteiger partial charge in [0, 0.05) is 6.42 Å². The van der Waals surface area contributed by atoms with Crippen molar-refractivity contribution in [1.82, 2.24) is 5.32 Å². The molecule has 3 N–H and O–H groups in total. The maximum atomic E-state index is 12.1. The summed E-state index contributed by atoms with van der Waals surface area (Å²) in [6.45, 7) is 1.17. The number of nitrogens with one attached hydrogen (secondary N) is 1. The molecular weight excluding hydrogens is 402 g/mol. The molecule has 0 saturated heterocycles. The van der Waals surface area contributed by atoms with Crippen molar-refractivity contribution < 1.29 is 34.1 Å². The van der Waals surface area contributed by atoms with Crippen LogP contribution >= 0.6 is 0 Å². The van der Waals surface area contributed by atoms with Crippen LogP contribution in [-0.2, 0) is 23.9 Å². The number of rotatable bonds is 21. The number of ether oxygens (including phenoxy) is 2. The first kappa shape index (κ1) is 29.3. The van der Waals surface area contributed by atoms with E-state index in [1.807, 2.05) is 0 Å². The fraction of sp³-hybridized carbons (Fsp3) is 0.870. The maximum Gasteiger partial charge on any atom is 0.329 e. The van der Waals surface area contributed by atoms with E-state index in [0.29, 0.717) is 0 Å². The maximum absolute atomic E-state index is 12.1. The number of hydrogen-bond donors (Lipinski definition) is 3. The third kappa shape index (κ3) is 18.8. The summed E-state index contributed by atoms with van der Waals surface area (Å²) in [5.41, 5.74) is 0. The van der Waals surface area contributed by atoms with Crippen molar-refractivity contribution in [2.45, 2.75) is 103 Å². The highest BCUT2D eigenvalue weighted by molar-refractivity contribution is 5.88. The lowest BCUT2D eigenvalue weighted by molar-refractivity contribution is -0.154. The minimum Gasteiger partial charge on any atom is -0.463 e. The molecule has 0 aliphatic carbocycles. The van der Waals surface area contributed by atoms with Gasteiger partial charge in [0.1, 0.15) is 19.3 Å². The minimum absolute atomic E-state index is 0.177. The Hall–Kier alpha value is -1.67. The second kappa shape index (κ2) is 21.6. The second-order valence-electron chi connectivity index (χ2n) is 7.80. The Balaban J connectivity index is 3.97. The lowest BCUT2D eigenvalue weighted by Crippen LogP contribution is -2.43. The van der Waals surface area contributed by atoms with Gasteiger partial charge in [0.15, 0.2) is 0 Å². The Labute approximate surface area is 187 Å². The Bertz CT molecular complexity index is 471. The molecule has 0 fully saturated rings. The van der Waals surface area contributed by atoms with E-state index in [-0.39, 0.29) is 45.2 Å². The molecule has 0 spiro atoms. The number of aliphatic hydroxyl groups is 2. The van der Waals surface area contributed by atoms with E-state index in [1.165, 1.54) is 57.8 Å². The van der Waals surface area contributed by atoms with Gasteiger partial charge in [-0.25, -0.2) is 4.79 Å². The quantitative estimate of drug-likeness (QED) is 0.183. The number of carbonyl (C=O) groups is 3. The highest BCUT2D eigenvalue weighted by Gasteiger charge is 2.25.